The van der Waals surface area contributed by atoms with Crippen LogP contribution in [0.4, 0.5) is 0 Å². The topological polar surface area (TPSA) is 49.8 Å². The average molecular weight is 418 g/mol. The van der Waals surface area contributed by atoms with Gasteiger partial charge in [0.2, 0.25) is 0 Å². The highest BCUT2D eigenvalue weighted by Gasteiger charge is 2.68. The molecule has 0 amide bonds. The highest BCUT2D eigenvalue weighted by atomic mass is 16.6. The quantitative estimate of drug-likeness (QED) is 0.633. The van der Waals surface area contributed by atoms with Gasteiger partial charge in [-0.3, -0.25) is 9.69 Å². The lowest BCUT2D eigenvalue weighted by Crippen LogP contribution is -2.64. The second-order valence-corrected chi connectivity index (χ2v) is 12.0. The van der Waals surface area contributed by atoms with Crippen LogP contribution in [0.1, 0.15) is 97.8 Å². The van der Waals surface area contributed by atoms with Gasteiger partial charge in [0.25, 0.3) is 0 Å². The SMILES string of the molecule is CC(=O)OC1(N2CCCCC2)CC[C@H]2[C@@H]3CCC4CCC(O)C[C@]4(C)[C@@H]3CC[C@@]21C. The summed E-state index contributed by atoms with van der Waals surface area (Å²) >= 11 is 0. The number of aliphatic hydroxyl groups is 1. The van der Waals surface area contributed by atoms with Crippen LogP contribution in [0.25, 0.3) is 0 Å². The van der Waals surface area contributed by atoms with Crippen molar-refractivity contribution in [2.45, 2.75) is 110 Å². The minimum atomic E-state index is -0.390. The lowest BCUT2D eigenvalue weighted by atomic mass is 9.44. The maximum Gasteiger partial charge on any atom is 0.304 e. The molecule has 1 saturated heterocycles. The van der Waals surface area contributed by atoms with E-state index in [9.17, 15) is 9.90 Å². The van der Waals surface area contributed by atoms with Crippen LogP contribution in [0.2, 0.25) is 0 Å². The van der Waals surface area contributed by atoms with Crippen molar-refractivity contribution in [3.8, 4) is 0 Å². The van der Waals surface area contributed by atoms with Gasteiger partial charge in [-0.15, -0.1) is 0 Å². The fourth-order valence-electron chi connectivity index (χ4n) is 9.55. The zero-order valence-corrected chi connectivity index (χ0v) is 19.5. The Kier molecular flexibility index (Phi) is 5.29. The fourth-order valence-corrected chi connectivity index (χ4v) is 9.55. The lowest BCUT2D eigenvalue weighted by Gasteiger charge is -2.63. The molecule has 5 aliphatic rings. The first-order valence-corrected chi connectivity index (χ1v) is 12.9. The molecule has 0 aromatic heterocycles. The van der Waals surface area contributed by atoms with Crippen LogP contribution in [0.5, 0.6) is 0 Å². The molecule has 1 aliphatic heterocycles. The number of carbonyl (C=O) groups is 1. The van der Waals surface area contributed by atoms with Gasteiger partial charge in [-0.25, -0.2) is 0 Å². The van der Waals surface area contributed by atoms with E-state index in [1.807, 2.05) is 0 Å². The number of esters is 1. The molecule has 0 aromatic rings. The highest BCUT2D eigenvalue weighted by Crippen LogP contribution is 2.69. The minimum absolute atomic E-state index is 0.0632. The van der Waals surface area contributed by atoms with Crippen molar-refractivity contribution in [3.63, 3.8) is 0 Å². The predicted octanol–water partition coefficient (Wildman–Crippen LogP) is 5.14. The molecule has 0 bridgehead atoms. The lowest BCUT2D eigenvalue weighted by molar-refractivity contribution is -0.238. The van der Waals surface area contributed by atoms with E-state index in [1.54, 1.807) is 6.92 Å². The van der Waals surface area contributed by atoms with E-state index in [0.29, 0.717) is 11.3 Å². The Morgan fingerprint density at radius 3 is 2.37 bits per heavy atom. The van der Waals surface area contributed by atoms with Crippen LogP contribution in [-0.4, -0.2) is 40.9 Å². The molecule has 1 N–H and O–H groups in total. The van der Waals surface area contributed by atoms with Crippen molar-refractivity contribution in [1.82, 2.24) is 4.90 Å². The molecule has 170 valence electrons. The smallest absolute Gasteiger partial charge is 0.304 e. The zero-order chi connectivity index (χ0) is 21.1. The van der Waals surface area contributed by atoms with Gasteiger partial charge in [-0.2, -0.15) is 0 Å². The summed E-state index contributed by atoms with van der Waals surface area (Å²) in [5.41, 5.74) is -0.0217. The van der Waals surface area contributed by atoms with Crippen molar-refractivity contribution in [1.29, 1.82) is 0 Å². The number of nitrogens with zero attached hydrogens (tertiary/aromatic N) is 1. The third-order valence-electron chi connectivity index (χ3n) is 10.8. The van der Waals surface area contributed by atoms with E-state index >= 15 is 0 Å². The molecule has 30 heavy (non-hydrogen) atoms. The zero-order valence-electron chi connectivity index (χ0n) is 19.5. The number of hydrogen-bond acceptors (Lipinski definition) is 4. The van der Waals surface area contributed by atoms with Gasteiger partial charge < -0.3 is 9.84 Å². The number of aliphatic hydroxyl groups excluding tert-OH is 1. The summed E-state index contributed by atoms with van der Waals surface area (Å²) in [5.74, 6) is 2.81. The summed E-state index contributed by atoms with van der Waals surface area (Å²) in [6.45, 7) is 8.76. The minimum Gasteiger partial charge on any atom is -0.443 e. The van der Waals surface area contributed by atoms with Gasteiger partial charge >= 0.3 is 5.97 Å². The molecule has 5 fully saturated rings. The monoisotopic (exact) mass is 417 g/mol. The van der Waals surface area contributed by atoms with Gasteiger partial charge in [0.15, 0.2) is 5.72 Å². The molecular formula is C26H43NO3. The van der Waals surface area contributed by atoms with Crippen LogP contribution < -0.4 is 0 Å². The van der Waals surface area contributed by atoms with E-state index in [0.717, 1.165) is 50.1 Å². The molecule has 1 heterocycles. The first kappa shape index (κ1) is 21.2. The summed E-state index contributed by atoms with van der Waals surface area (Å²) in [5, 5.41) is 10.5. The van der Waals surface area contributed by atoms with Crippen molar-refractivity contribution in [2.24, 2.45) is 34.5 Å². The van der Waals surface area contributed by atoms with Crippen LogP contribution in [-0.2, 0) is 9.53 Å². The number of hydrogen-bond donors (Lipinski definition) is 1. The third kappa shape index (κ3) is 2.95. The fraction of sp³-hybridized carbons (Fsp3) is 0.962. The highest BCUT2D eigenvalue weighted by molar-refractivity contribution is 5.66. The van der Waals surface area contributed by atoms with E-state index in [1.165, 1.54) is 57.8 Å². The van der Waals surface area contributed by atoms with Gasteiger partial charge in [-0.05, 0) is 93.3 Å². The predicted molar refractivity (Wildman–Crippen MR) is 118 cm³/mol. The Bertz CT molecular complexity index is 675. The Morgan fingerprint density at radius 2 is 1.63 bits per heavy atom. The Balaban J connectivity index is 1.47. The molecule has 0 radical (unpaired) electrons. The second kappa shape index (κ2) is 7.47. The third-order valence-corrected chi connectivity index (χ3v) is 10.8. The van der Waals surface area contributed by atoms with Gasteiger partial charge in [0.05, 0.1) is 6.10 Å². The molecule has 8 atom stereocenters. The molecule has 4 heteroatoms. The van der Waals surface area contributed by atoms with Gasteiger partial charge in [0.1, 0.15) is 0 Å². The van der Waals surface area contributed by atoms with E-state index in [-0.39, 0.29) is 17.5 Å². The van der Waals surface area contributed by atoms with E-state index in [2.05, 4.69) is 18.7 Å². The molecule has 4 aliphatic carbocycles. The second-order valence-electron chi connectivity index (χ2n) is 12.0. The Morgan fingerprint density at radius 1 is 0.933 bits per heavy atom. The number of likely N-dealkylation sites (tertiary alicyclic amines) is 1. The number of fused-ring (bicyclic) bond motifs is 5. The number of piperidine rings is 1. The maximum atomic E-state index is 12.3. The molecule has 0 spiro atoms. The van der Waals surface area contributed by atoms with Crippen LogP contribution in [0.3, 0.4) is 0 Å². The first-order valence-electron chi connectivity index (χ1n) is 12.9. The number of ether oxygens (including phenoxy) is 1. The molecule has 0 aromatic carbocycles. The van der Waals surface area contributed by atoms with Crippen molar-refractivity contribution < 1.29 is 14.6 Å². The number of rotatable bonds is 2. The summed E-state index contributed by atoms with van der Waals surface area (Å²) < 4.78 is 6.39. The van der Waals surface area contributed by atoms with Crippen molar-refractivity contribution >= 4 is 5.97 Å². The summed E-state index contributed by atoms with van der Waals surface area (Å²) in [6, 6.07) is 0. The average Bonchev–Trinajstić information content (AvgIpc) is 3.01. The molecule has 4 nitrogen and oxygen atoms in total. The summed E-state index contributed by atoms with van der Waals surface area (Å²) in [6.07, 6.45) is 14.2. The van der Waals surface area contributed by atoms with Crippen molar-refractivity contribution in [2.75, 3.05) is 13.1 Å². The van der Waals surface area contributed by atoms with Gasteiger partial charge in [-0.1, -0.05) is 20.3 Å². The molecule has 4 saturated carbocycles. The summed E-state index contributed by atoms with van der Waals surface area (Å²) in [7, 11) is 0. The van der Waals surface area contributed by atoms with Crippen molar-refractivity contribution in [3.05, 3.63) is 0 Å². The van der Waals surface area contributed by atoms with Gasteiger partial charge in [0, 0.05) is 31.8 Å². The molecule has 3 unspecified atom stereocenters. The van der Waals surface area contributed by atoms with Crippen LogP contribution >= 0.6 is 0 Å². The van der Waals surface area contributed by atoms with E-state index < -0.39 is 5.72 Å². The standard InChI is InChI=1S/C26H43NO3/c1-18(28)30-26(27-15-5-4-6-16-27)14-12-23-21-10-8-19-7-9-20(29)17-24(19,2)22(21)11-13-25(23,26)3/h19-23,29H,4-17H2,1-3H3/t19?,20?,21-,22-,23+,24+,25+,26?/m1/s1. The Labute approximate surface area is 183 Å². The number of carbonyl (C=O) groups excluding carboxylic acids is 1. The molecular weight excluding hydrogens is 374 g/mol. The molecule has 5 rings (SSSR count). The van der Waals surface area contributed by atoms with Crippen LogP contribution in [0, 0.1) is 34.5 Å². The van der Waals surface area contributed by atoms with E-state index in [4.69, 9.17) is 4.74 Å². The van der Waals surface area contributed by atoms with Crippen LogP contribution in [0.15, 0.2) is 0 Å². The first-order chi connectivity index (χ1) is 14.3. The maximum absolute atomic E-state index is 12.3. The summed E-state index contributed by atoms with van der Waals surface area (Å²) in [4.78, 5) is 14.9. The normalized spacial score (nSPS) is 51.5. The largest absolute Gasteiger partial charge is 0.443 e. The Hall–Kier alpha value is -0.610.